The van der Waals surface area contributed by atoms with Crippen LogP contribution in [0, 0.1) is 0 Å². The first kappa shape index (κ1) is 12.4. The first-order valence-corrected chi connectivity index (χ1v) is 5.62. The Kier molecular flexibility index (Phi) is 3.47. The van der Waals surface area contributed by atoms with Gasteiger partial charge in [0.2, 0.25) is 0 Å². The zero-order valence-electron chi connectivity index (χ0n) is 9.72. The molecule has 0 atom stereocenters. The zero-order chi connectivity index (χ0) is 13.1. The van der Waals surface area contributed by atoms with E-state index in [1.807, 2.05) is 0 Å². The summed E-state index contributed by atoms with van der Waals surface area (Å²) in [6.07, 6.45) is 1.57. The quantitative estimate of drug-likeness (QED) is 0.810. The number of benzene rings is 1. The summed E-state index contributed by atoms with van der Waals surface area (Å²) in [5.74, 6) is 0.304. The summed E-state index contributed by atoms with van der Waals surface area (Å²) < 4.78 is 1.57. The van der Waals surface area contributed by atoms with E-state index in [-0.39, 0.29) is 12.5 Å². The molecule has 2 aromatic rings. The molecule has 7 heteroatoms. The summed E-state index contributed by atoms with van der Waals surface area (Å²) in [7, 11) is 1.76. The molecule has 0 unspecified atom stereocenters. The smallest absolute Gasteiger partial charge is 0.251 e. The number of halogens is 1. The van der Waals surface area contributed by atoms with Crippen molar-refractivity contribution in [1.29, 1.82) is 0 Å². The molecular formula is C11H12ClN5O. The van der Waals surface area contributed by atoms with E-state index in [2.05, 4.69) is 15.4 Å². The number of nitrogen functional groups attached to an aromatic ring is 1. The second-order valence-electron chi connectivity index (χ2n) is 3.75. The molecule has 1 aromatic heterocycles. The number of rotatable bonds is 3. The number of nitrogens with zero attached hydrogens (tertiary/aromatic N) is 3. The highest BCUT2D eigenvalue weighted by Gasteiger charge is 2.08. The van der Waals surface area contributed by atoms with Gasteiger partial charge in [-0.15, -0.1) is 0 Å². The number of nitrogens with two attached hydrogens (primary N) is 1. The number of hydrogen-bond donors (Lipinski definition) is 2. The number of aromatic nitrogens is 3. The van der Waals surface area contributed by atoms with Crippen LogP contribution in [0.1, 0.15) is 16.2 Å². The van der Waals surface area contributed by atoms with Gasteiger partial charge in [0.25, 0.3) is 5.91 Å². The fraction of sp³-hybridized carbons (Fsp3) is 0.182. The molecule has 0 aliphatic heterocycles. The summed E-state index contributed by atoms with van der Waals surface area (Å²) in [5.41, 5.74) is 6.46. The summed E-state index contributed by atoms with van der Waals surface area (Å²) in [4.78, 5) is 15.8. The third-order valence-electron chi connectivity index (χ3n) is 2.31. The average molecular weight is 266 g/mol. The third-order valence-corrected chi connectivity index (χ3v) is 2.66. The van der Waals surface area contributed by atoms with Gasteiger partial charge in [-0.2, -0.15) is 5.10 Å². The fourth-order valence-corrected chi connectivity index (χ4v) is 1.53. The van der Waals surface area contributed by atoms with Gasteiger partial charge in [-0.25, -0.2) is 4.98 Å². The van der Waals surface area contributed by atoms with Crippen molar-refractivity contribution < 1.29 is 4.79 Å². The van der Waals surface area contributed by atoms with Gasteiger partial charge in [0.1, 0.15) is 6.33 Å². The monoisotopic (exact) mass is 265 g/mol. The molecule has 0 aliphatic rings. The molecule has 1 heterocycles. The fourth-order valence-electron chi connectivity index (χ4n) is 1.41. The van der Waals surface area contributed by atoms with Crippen molar-refractivity contribution in [3.05, 3.63) is 40.9 Å². The molecule has 0 aliphatic carbocycles. The first-order valence-electron chi connectivity index (χ1n) is 5.24. The standard InChI is InChI=1S/C11H12ClN5O/c1-17-6-15-10(16-17)5-14-11(18)7-2-3-8(12)9(13)4-7/h2-4,6H,5,13H2,1H3,(H,14,18). The molecule has 0 spiro atoms. The van der Waals surface area contributed by atoms with Crippen LogP contribution in [0.3, 0.4) is 0 Å². The molecule has 0 bridgehead atoms. The minimum absolute atomic E-state index is 0.245. The molecule has 1 amide bonds. The van der Waals surface area contributed by atoms with Crippen LogP contribution < -0.4 is 11.1 Å². The van der Waals surface area contributed by atoms with Crippen LogP contribution in [0.25, 0.3) is 0 Å². The van der Waals surface area contributed by atoms with Gasteiger partial charge in [0, 0.05) is 12.6 Å². The van der Waals surface area contributed by atoms with Crippen LogP contribution in [-0.2, 0) is 13.6 Å². The Morgan fingerprint density at radius 2 is 2.33 bits per heavy atom. The van der Waals surface area contributed by atoms with Crippen LogP contribution in [0.4, 0.5) is 5.69 Å². The lowest BCUT2D eigenvalue weighted by atomic mass is 10.2. The molecule has 6 nitrogen and oxygen atoms in total. The second-order valence-corrected chi connectivity index (χ2v) is 4.16. The zero-order valence-corrected chi connectivity index (χ0v) is 10.5. The molecule has 0 saturated carbocycles. The van der Waals surface area contributed by atoms with E-state index in [9.17, 15) is 4.79 Å². The van der Waals surface area contributed by atoms with E-state index in [1.54, 1.807) is 30.2 Å². The van der Waals surface area contributed by atoms with E-state index in [0.717, 1.165) is 0 Å². The summed E-state index contributed by atoms with van der Waals surface area (Å²) in [5, 5.41) is 7.18. The summed E-state index contributed by atoms with van der Waals surface area (Å²) >= 11 is 5.78. The number of carbonyl (C=O) groups is 1. The maximum atomic E-state index is 11.8. The molecule has 18 heavy (non-hydrogen) atoms. The van der Waals surface area contributed by atoms with Gasteiger partial charge in [0.05, 0.1) is 17.3 Å². The van der Waals surface area contributed by atoms with E-state index >= 15 is 0 Å². The maximum Gasteiger partial charge on any atom is 0.251 e. The van der Waals surface area contributed by atoms with Gasteiger partial charge >= 0.3 is 0 Å². The maximum absolute atomic E-state index is 11.8. The normalized spacial score (nSPS) is 10.3. The van der Waals surface area contributed by atoms with E-state index in [1.165, 1.54) is 6.07 Å². The number of anilines is 1. The van der Waals surface area contributed by atoms with Crippen LogP contribution in [0.5, 0.6) is 0 Å². The van der Waals surface area contributed by atoms with E-state index in [4.69, 9.17) is 17.3 Å². The highest BCUT2D eigenvalue weighted by atomic mass is 35.5. The third kappa shape index (κ3) is 2.78. The van der Waals surface area contributed by atoms with Crippen molar-refractivity contribution in [2.45, 2.75) is 6.54 Å². The number of nitrogens with one attached hydrogen (secondary N) is 1. The van der Waals surface area contributed by atoms with Gasteiger partial charge in [-0.3, -0.25) is 9.48 Å². The van der Waals surface area contributed by atoms with Crippen LogP contribution >= 0.6 is 11.6 Å². The number of aryl methyl sites for hydroxylation is 1. The molecule has 3 N–H and O–H groups in total. The van der Waals surface area contributed by atoms with Gasteiger partial charge in [-0.1, -0.05) is 11.6 Å². The molecule has 2 rings (SSSR count). The average Bonchev–Trinajstić information content (AvgIpc) is 2.75. The van der Waals surface area contributed by atoms with Crippen molar-refractivity contribution in [2.75, 3.05) is 5.73 Å². The predicted octanol–water partition coefficient (Wildman–Crippen LogP) is 0.981. The SMILES string of the molecule is Cn1cnc(CNC(=O)c2ccc(Cl)c(N)c2)n1. The number of carbonyl (C=O) groups excluding carboxylic acids is 1. The Morgan fingerprint density at radius 3 is 2.94 bits per heavy atom. The van der Waals surface area contributed by atoms with Crippen LogP contribution in [-0.4, -0.2) is 20.7 Å². The largest absolute Gasteiger partial charge is 0.398 e. The lowest BCUT2D eigenvalue weighted by Gasteiger charge is -2.04. The van der Waals surface area contributed by atoms with Gasteiger partial charge < -0.3 is 11.1 Å². The van der Waals surface area contributed by atoms with Crippen molar-refractivity contribution in [1.82, 2.24) is 20.1 Å². The van der Waals surface area contributed by atoms with Crippen molar-refractivity contribution in [3.8, 4) is 0 Å². The molecule has 0 fully saturated rings. The molecular weight excluding hydrogens is 254 g/mol. The van der Waals surface area contributed by atoms with Crippen molar-refractivity contribution >= 4 is 23.2 Å². The summed E-state index contributed by atoms with van der Waals surface area (Å²) in [6.45, 7) is 0.266. The number of hydrogen-bond acceptors (Lipinski definition) is 4. The van der Waals surface area contributed by atoms with E-state index < -0.39 is 0 Å². The second kappa shape index (κ2) is 5.05. The van der Waals surface area contributed by atoms with Crippen LogP contribution in [0.15, 0.2) is 24.5 Å². The highest BCUT2D eigenvalue weighted by Crippen LogP contribution is 2.19. The lowest BCUT2D eigenvalue weighted by molar-refractivity contribution is 0.0950. The molecule has 94 valence electrons. The summed E-state index contributed by atoms with van der Waals surface area (Å²) in [6, 6.07) is 4.73. The Balaban J connectivity index is 2.01. The van der Waals surface area contributed by atoms with Crippen molar-refractivity contribution in [2.24, 2.45) is 7.05 Å². The Morgan fingerprint density at radius 1 is 1.56 bits per heavy atom. The lowest BCUT2D eigenvalue weighted by Crippen LogP contribution is -2.23. The minimum Gasteiger partial charge on any atom is -0.398 e. The number of amides is 1. The Labute approximate surface area is 109 Å². The molecule has 0 saturated heterocycles. The minimum atomic E-state index is -0.245. The predicted molar refractivity (Wildman–Crippen MR) is 68.0 cm³/mol. The Hall–Kier alpha value is -2.08. The van der Waals surface area contributed by atoms with E-state index in [0.29, 0.717) is 22.1 Å². The van der Waals surface area contributed by atoms with Gasteiger partial charge in [-0.05, 0) is 18.2 Å². The molecule has 1 aromatic carbocycles. The topological polar surface area (TPSA) is 85.8 Å². The highest BCUT2D eigenvalue weighted by molar-refractivity contribution is 6.33. The molecule has 0 radical (unpaired) electrons. The van der Waals surface area contributed by atoms with Crippen LogP contribution in [0.2, 0.25) is 5.02 Å². The van der Waals surface area contributed by atoms with Gasteiger partial charge in [0.15, 0.2) is 5.82 Å². The Bertz CT molecular complexity index is 581. The first-order chi connectivity index (χ1) is 8.56. The van der Waals surface area contributed by atoms with Crippen molar-refractivity contribution in [3.63, 3.8) is 0 Å².